The first-order valence-electron chi connectivity index (χ1n) is 7.12. The molecule has 1 heterocycles. The van der Waals surface area contributed by atoms with Crippen LogP contribution in [0, 0.1) is 5.92 Å². The maximum atomic E-state index is 11.7. The van der Waals surface area contributed by atoms with Crippen molar-refractivity contribution in [2.75, 3.05) is 19.4 Å². The minimum atomic E-state index is -0.193. The number of nitrogens with zero attached hydrogens (tertiary/aromatic N) is 2. The van der Waals surface area contributed by atoms with Crippen molar-refractivity contribution in [3.8, 4) is 0 Å². The molecule has 0 aliphatic rings. The number of ether oxygens (including phenoxy) is 1. The smallest absolute Gasteiger partial charge is 0.309 e. The van der Waals surface area contributed by atoms with Gasteiger partial charge in [-0.25, -0.2) is 4.98 Å². The number of anilines is 1. The molecule has 2 N–H and O–H groups in total. The zero-order chi connectivity index (χ0) is 15.9. The molecular weight excluding hydrogens is 334 g/mol. The maximum absolute atomic E-state index is 11.7. The van der Waals surface area contributed by atoms with Gasteiger partial charge in [0.1, 0.15) is 0 Å². The fourth-order valence-corrected chi connectivity index (χ4v) is 3.03. The number of rotatable bonds is 7. The number of carbonyl (C=O) groups is 1. The minimum Gasteiger partial charge on any atom is -0.469 e. The maximum Gasteiger partial charge on any atom is 0.309 e. The van der Waals surface area contributed by atoms with Gasteiger partial charge in [0, 0.05) is 30.7 Å². The van der Waals surface area contributed by atoms with Crippen molar-refractivity contribution >= 4 is 34.8 Å². The van der Waals surface area contributed by atoms with Crippen LogP contribution in [-0.4, -0.2) is 29.5 Å². The van der Waals surface area contributed by atoms with E-state index in [1.807, 2.05) is 25.1 Å². The summed E-state index contributed by atoms with van der Waals surface area (Å²) in [5.41, 5.74) is 6.90. The Morgan fingerprint density at radius 3 is 2.61 bits per heavy atom. The minimum absolute atomic E-state index is 0. The molecule has 0 aliphatic heterocycles. The fourth-order valence-electron chi connectivity index (χ4n) is 2.31. The Morgan fingerprint density at radius 1 is 1.35 bits per heavy atom. The number of hydrogen-bond acceptors (Lipinski definition) is 6. The van der Waals surface area contributed by atoms with Gasteiger partial charge in [-0.3, -0.25) is 9.69 Å². The van der Waals surface area contributed by atoms with Crippen molar-refractivity contribution in [3.05, 3.63) is 47.0 Å². The van der Waals surface area contributed by atoms with E-state index >= 15 is 0 Å². The Hall–Kier alpha value is -1.63. The molecule has 1 aromatic carbocycles. The van der Waals surface area contributed by atoms with Crippen molar-refractivity contribution in [1.29, 1.82) is 0 Å². The second-order valence-corrected chi connectivity index (χ2v) is 6.39. The fraction of sp³-hybridized carbons (Fsp3) is 0.375. The van der Waals surface area contributed by atoms with Gasteiger partial charge in [0.15, 0.2) is 5.13 Å². The van der Waals surface area contributed by atoms with Gasteiger partial charge in [0.2, 0.25) is 0 Å². The molecule has 2 rings (SSSR count). The number of esters is 1. The summed E-state index contributed by atoms with van der Waals surface area (Å²) < 4.78 is 4.82. The Morgan fingerprint density at radius 2 is 2.04 bits per heavy atom. The summed E-state index contributed by atoms with van der Waals surface area (Å²) in [6.07, 6.45) is 1.79. The molecule has 1 aromatic heterocycles. The SMILES string of the molecule is COC(=O)C(C)CN(Cc1ccccc1)Cc1cnc(N)s1.Cl. The standard InChI is InChI=1S/C16H21N3O2S.ClH/c1-12(15(20)21-2)9-19(10-13-6-4-3-5-7-13)11-14-8-18-16(17)22-14;/h3-8,12H,9-11H2,1-2H3,(H2,17,18);1H. The van der Waals surface area contributed by atoms with E-state index in [2.05, 4.69) is 22.0 Å². The predicted octanol–water partition coefficient (Wildman–Crippen LogP) is 2.96. The Kier molecular flexibility index (Phi) is 8.02. The number of aromatic nitrogens is 1. The number of hydrogen-bond donors (Lipinski definition) is 1. The molecule has 7 heteroatoms. The van der Waals surface area contributed by atoms with Gasteiger partial charge in [0.25, 0.3) is 0 Å². The number of carbonyl (C=O) groups excluding carboxylic acids is 1. The van der Waals surface area contributed by atoms with Crippen molar-refractivity contribution in [3.63, 3.8) is 0 Å². The van der Waals surface area contributed by atoms with Crippen LogP contribution in [0.2, 0.25) is 0 Å². The van der Waals surface area contributed by atoms with E-state index in [4.69, 9.17) is 10.5 Å². The second-order valence-electron chi connectivity index (χ2n) is 5.24. The van der Waals surface area contributed by atoms with Gasteiger partial charge in [-0.1, -0.05) is 37.3 Å². The van der Waals surface area contributed by atoms with Gasteiger partial charge in [-0.2, -0.15) is 0 Å². The van der Waals surface area contributed by atoms with Crippen molar-refractivity contribution in [2.24, 2.45) is 5.92 Å². The van der Waals surface area contributed by atoms with Gasteiger partial charge >= 0.3 is 5.97 Å². The molecule has 5 nitrogen and oxygen atoms in total. The summed E-state index contributed by atoms with van der Waals surface area (Å²) in [4.78, 5) is 19.1. The lowest BCUT2D eigenvalue weighted by Gasteiger charge is -2.24. The summed E-state index contributed by atoms with van der Waals surface area (Å²) in [5, 5.41) is 0.565. The predicted molar refractivity (Wildman–Crippen MR) is 95.5 cm³/mol. The molecular formula is C16H22ClN3O2S. The number of nitrogens with two attached hydrogens (primary N) is 1. The number of benzene rings is 1. The van der Waals surface area contributed by atoms with Crippen LogP contribution in [-0.2, 0) is 22.6 Å². The van der Waals surface area contributed by atoms with E-state index in [0.29, 0.717) is 18.2 Å². The van der Waals surface area contributed by atoms with Crippen molar-refractivity contribution in [1.82, 2.24) is 9.88 Å². The van der Waals surface area contributed by atoms with Gasteiger partial charge in [0.05, 0.1) is 13.0 Å². The van der Waals surface area contributed by atoms with Crippen LogP contribution >= 0.6 is 23.7 Å². The number of nitrogen functional groups attached to an aromatic ring is 1. The lowest BCUT2D eigenvalue weighted by molar-refractivity contribution is -0.145. The first-order valence-corrected chi connectivity index (χ1v) is 7.94. The van der Waals surface area contributed by atoms with Crippen LogP contribution in [0.3, 0.4) is 0 Å². The molecule has 0 spiro atoms. The third-order valence-electron chi connectivity index (χ3n) is 3.34. The molecule has 0 radical (unpaired) electrons. The highest BCUT2D eigenvalue weighted by Gasteiger charge is 2.18. The van der Waals surface area contributed by atoms with Crippen LogP contribution in [0.15, 0.2) is 36.5 Å². The van der Waals surface area contributed by atoms with E-state index < -0.39 is 0 Å². The Labute approximate surface area is 146 Å². The van der Waals surface area contributed by atoms with E-state index in [1.54, 1.807) is 6.20 Å². The average molecular weight is 356 g/mol. The zero-order valence-corrected chi connectivity index (χ0v) is 14.9. The van der Waals surface area contributed by atoms with Crippen LogP contribution in [0.1, 0.15) is 17.4 Å². The Bertz CT molecular complexity index is 606. The summed E-state index contributed by atoms with van der Waals surface area (Å²) in [7, 11) is 1.42. The van der Waals surface area contributed by atoms with Gasteiger partial charge in [-0.05, 0) is 5.56 Å². The van der Waals surface area contributed by atoms with E-state index in [-0.39, 0.29) is 24.3 Å². The second kappa shape index (κ2) is 9.50. The molecule has 0 fully saturated rings. The molecule has 1 unspecified atom stereocenters. The number of halogens is 1. The van der Waals surface area contributed by atoms with E-state index in [1.165, 1.54) is 24.0 Å². The zero-order valence-electron chi connectivity index (χ0n) is 13.3. The largest absolute Gasteiger partial charge is 0.469 e. The Balaban J connectivity index is 0.00000264. The summed E-state index contributed by atoms with van der Waals surface area (Å²) >= 11 is 1.48. The van der Waals surface area contributed by atoms with Gasteiger partial charge < -0.3 is 10.5 Å². The molecule has 126 valence electrons. The van der Waals surface area contributed by atoms with Crippen LogP contribution in [0.5, 0.6) is 0 Å². The molecule has 23 heavy (non-hydrogen) atoms. The van der Waals surface area contributed by atoms with Crippen molar-refractivity contribution < 1.29 is 9.53 Å². The molecule has 0 bridgehead atoms. The lowest BCUT2D eigenvalue weighted by atomic mass is 10.1. The normalized spacial score (nSPS) is 11.8. The lowest BCUT2D eigenvalue weighted by Crippen LogP contribution is -2.31. The topological polar surface area (TPSA) is 68.5 Å². The van der Waals surface area contributed by atoms with Crippen molar-refractivity contribution in [2.45, 2.75) is 20.0 Å². The summed E-state index contributed by atoms with van der Waals surface area (Å²) in [6.45, 7) is 3.98. The molecule has 0 saturated carbocycles. The first kappa shape index (κ1) is 19.4. The highest BCUT2D eigenvalue weighted by Crippen LogP contribution is 2.19. The highest BCUT2D eigenvalue weighted by atomic mass is 35.5. The average Bonchev–Trinajstić information content (AvgIpc) is 2.92. The number of thiazole rings is 1. The van der Waals surface area contributed by atoms with Crippen LogP contribution in [0.25, 0.3) is 0 Å². The number of methoxy groups -OCH3 is 1. The summed E-state index contributed by atoms with van der Waals surface area (Å²) in [6, 6.07) is 10.2. The third kappa shape index (κ3) is 6.17. The molecule has 0 aliphatic carbocycles. The molecule has 0 saturated heterocycles. The quantitative estimate of drug-likeness (QED) is 0.773. The van der Waals surface area contributed by atoms with Gasteiger partial charge in [-0.15, -0.1) is 23.7 Å². The monoisotopic (exact) mass is 355 g/mol. The molecule has 0 amide bonds. The van der Waals surface area contributed by atoms with Crippen LogP contribution in [0.4, 0.5) is 5.13 Å². The first-order chi connectivity index (χ1) is 10.6. The third-order valence-corrected chi connectivity index (χ3v) is 4.15. The molecule has 2 aromatic rings. The summed E-state index contributed by atoms with van der Waals surface area (Å²) in [5.74, 6) is -0.374. The van der Waals surface area contributed by atoms with E-state index in [0.717, 1.165) is 11.4 Å². The highest BCUT2D eigenvalue weighted by molar-refractivity contribution is 7.15. The molecule has 1 atom stereocenters. The van der Waals surface area contributed by atoms with Crippen LogP contribution < -0.4 is 5.73 Å². The van der Waals surface area contributed by atoms with E-state index in [9.17, 15) is 4.79 Å².